The van der Waals surface area contributed by atoms with Gasteiger partial charge < -0.3 is 10.4 Å². The van der Waals surface area contributed by atoms with Crippen molar-refractivity contribution in [2.24, 2.45) is 5.41 Å². The SMILES string of the molecule is CCc1c(Cl)ncnc1NCC1(O)CCC(C)(C)CC1. The summed E-state index contributed by atoms with van der Waals surface area (Å²) in [7, 11) is 0. The Kier molecular flexibility index (Phi) is 4.55. The summed E-state index contributed by atoms with van der Waals surface area (Å²) in [4.78, 5) is 8.23. The highest BCUT2D eigenvalue weighted by Gasteiger charge is 2.36. The first-order valence-corrected chi connectivity index (χ1v) is 7.69. The number of aliphatic hydroxyl groups is 1. The molecule has 112 valence electrons. The minimum absolute atomic E-state index is 0.346. The van der Waals surface area contributed by atoms with Crippen LogP contribution in [0.25, 0.3) is 0 Å². The van der Waals surface area contributed by atoms with Crippen molar-refractivity contribution in [3.05, 3.63) is 17.0 Å². The molecule has 4 nitrogen and oxygen atoms in total. The highest BCUT2D eigenvalue weighted by molar-refractivity contribution is 6.30. The van der Waals surface area contributed by atoms with Gasteiger partial charge in [0.15, 0.2) is 0 Å². The summed E-state index contributed by atoms with van der Waals surface area (Å²) in [5.74, 6) is 0.741. The number of nitrogens with zero attached hydrogens (tertiary/aromatic N) is 2. The molecule has 20 heavy (non-hydrogen) atoms. The Morgan fingerprint density at radius 2 is 1.90 bits per heavy atom. The molecule has 1 fully saturated rings. The summed E-state index contributed by atoms with van der Waals surface area (Å²) in [6, 6.07) is 0. The molecule has 1 aliphatic rings. The van der Waals surface area contributed by atoms with E-state index >= 15 is 0 Å². The van der Waals surface area contributed by atoms with E-state index in [1.807, 2.05) is 6.92 Å². The summed E-state index contributed by atoms with van der Waals surface area (Å²) >= 11 is 6.07. The van der Waals surface area contributed by atoms with Gasteiger partial charge in [-0.3, -0.25) is 0 Å². The molecule has 2 N–H and O–H groups in total. The molecule has 0 aliphatic heterocycles. The Morgan fingerprint density at radius 1 is 1.25 bits per heavy atom. The van der Waals surface area contributed by atoms with Gasteiger partial charge in [0.1, 0.15) is 17.3 Å². The Balaban J connectivity index is 2.01. The number of halogens is 1. The van der Waals surface area contributed by atoms with Crippen LogP contribution < -0.4 is 5.32 Å². The summed E-state index contributed by atoms with van der Waals surface area (Å²) in [5, 5.41) is 14.4. The molecule has 0 spiro atoms. The van der Waals surface area contributed by atoms with E-state index in [4.69, 9.17) is 11.6 Å². The smallest absolute Gasteiger partial charge is 0.137 e. The molecule has 0 unspecified atom stereocenters. The third-order valence-corrected chi connectivity index (χ3v) is 4.69. The van der Waals surface area contributed by atoms with E-state index in [0.717, 1.165) is 43.5 Å². The average Bonchev–Trinajstić information content (AvgIpc) is 2.41. The van der Waals surface area contributed by atoms with Crippen molar-refractivity contribution in [2.45, 2.75) is 58.5 Å². The molecule has 2 rings (SSSR count). The topological polar surface area (TPSA) is 58.0 Å². The van der Waals surface area contributed by atoms with Crippen LogP contribution in [0.5, 0.6) is 0 Å². The first kappa shape index (κ1) is 15.5. The van der Waals surface area contributed by atoms with Crippen molar-refractivity contribution in [2.75, 3.05) is 11.9 Å². The average molecular weight is 298 g/mol. The summed E-state index contributed by atoms with van der Waals surface area (Å²) in [6.07, 6.45) is 5.98. The number of anilines is 1. The zero-order valence-electron chi connectivity index (χ0n) is 12.5. The van der Waals surface area contributed by atoms with Gasteiger partial charge in [-0.2, -0.15) is 0 Å². The lowest BCUT2D eigenvalue weighted by Gasteiger charge is -2.40. The molecule has 1 saturated carbocycles. The van der Waals surface area contributed by atoms with Gasteiger partial charge in [-0.05, 0) is 37.5 Å². The van der Waals surface area contributed by atoms with Crippen molar-refractivity contribution >= 4 is 17.4 Å². The number of nitrogens with one attached hydrogen (secondary N) is 1. The fraction of sp³-hybridized carbons (Fsp3) is 0.733. The summed E-state index contributed by atoms with van der Waals surface area (Å²) in [5.41, 5.74) is 0.616. The van der Waals surface area contributed by atoms with Crippen molar-refractivity contribution in [3.8, 4) is 0 Å². The zero-order valence-corrected chi connectivity index (χ0v) is 13.3. The van der Waals surface area contributed by atoms with Crippen molar-refractivity contribution in [3.63, 3.8) is 0 Å². The quantitative estimate of drug-likeness (QED) is 0.836. The summed E-state index contributed by atoms with van der Waals surface area (Å²) < 4.78 is 0. The molecule has 1 heterocycles. The van der Waals surface area contributed by atoms with Crippen LogP contribution in [0.2, 0.25) is 5.15 Å². The first-order chi connectivity index (χ1) is 9.35. The highest BCUT2D eigenvalue weighted by atomic mass is 35.5. The third kappa shape index (κ3) is 3.61. The van der Waals surface area contributed by atoms with Gasteiger partial charge in [0.2, 0.25) is 0 Å². The molecular weight excluding hydrogens is 274 g/mol. The third-order valence-electron chi connectivity index (χ3n) is 4.37. The maximum atomic E-state index is 10.7. The van der Waals surface area contributed by atoms with E-state index < -0.39 is 5.60 Å². The molecule has 1 aromatic heterocycles. The Labute approximate surface area is 126 Å². The molecule has 1 aliphatic carbocycles. The van der Waals surface area contributed by atoms with Crippen LogP contribution in [0.3, 0.4) is 0 Å². The highest BCUT2D eigenvalue weighted by Crippen LogP contribution is 2.40. The maximum Gasteiger partial charge on any atom is 0.137 e. The molecule has 0 aromatic carbocycles. The van der Waals surface area contributed by atoms with Gasteiger partial charge in [-0.1, -0.05) is 32.4 Å². The van der Waals surface area contributed by atoms with Gasteiger partial charge in [0.25, 0.3) is 0 Å². The number of hydrogen-bond acceptors (Lipinski definition) is 4. The predicted molar refractivity (Wildman–Crippen MR) is 82.1 cm³/mol. The lowest BCUT2D eigenvalue weighted by atomic mass is 9.71. The van der Waals surface area contributed by atoms with E-state index in [1.54, 1.807) is 0 Å². The van der Waals surface area contributed by atoms with Crippen LogP contribution in [0, 0.1) is 5.41 Å². The number of hydrogen-bond donors (Lipinski definition) is 2. The van der Waals surface area contributed by atoms with Crippen molar-refractivity contribution in [1.82, 2.24) is 9.97 Å². The van der Waals surface area contributed by atoms with Gasteiger partial charge in [0.05, 0.1) is 5.60 Å². The van der Waals surface area contributed by atoms with Crippen LogP contribution in [0.4, 0.5) is 5.82 Å². The van der Waals surface area contributed by atoms with Gasteiger partial charge >= 0.3 is 0 Å². The minimum Gasteiger partial charge on any atom is -0.388 e. The minimum atomic E-state index is -0.641. The Bertz CT molecular complexity index is 466. The van der Waals surface area contributed by atoms with E-state index in [2.05, 4.69) is 29.1 Å². The van der Waals surface area contributed by atoms with Crippen LogP contribution >= 0.6 is 11.6 Å². The van der Waals surface area contributed by atoms with Gasteiger partial charge in [-0.15, -0.1) is 0 Å². The second-order valence-corrected chi connectivity index (χ2v) is 6.95. The van der Waals surface area contributed by atoms with E-state index in [0.29, 0.717) is 17.1 Å². The van der Waals surface area contributed by atoms with Crippen LogP contribution in [-0.4, -0.2) is 27.2 Å². The summed E-state index contributed by atoms with van der Waals surface area (Å²) in [6.45, 7) is 7.07. The van der Waals surface area contributed by atoms with Crippen molar-refractivity contribution < 1.29 is 5.11 Å². The second-order valence-electron chi connectivity index (χ2n) is 6.59. The molecular formula is C15H24ClN3O. The normalized spacial score (nSPS) is 20.6. The lowest BCUT2D eigenvalue weighted by molar-refractivity contribution is -0.0146. The van der Waals surface area contributed by atoms with Crippen LogP contribution in [0.15, 0.2) is 6.33 Å². The van der Waals surface area contributed by atoms with Crippen molar-refractivity contribution in [1.29, 1.82) is 0 Å². The largest absolute Gasteiger partial charge is 0.388 e. The Hall–Kier alpha value is -0.870. The van der Waals surface area contributed by atoms with Crippen LogP contribution in [-0.2, 0) is 6.42 Å². The first-order valence-electron chi connectivity index (χ1n) is 7.31. The number of rotatable bonds is 4. The Morgan fingerprint density at radius 3 is 2.50 bits per heavy atom. The fourth-order valence-electron chi connectivity index (χ4n) is 2.67. The molecule has 0 bridgehead atoms. The number of aromatic nitrogens is 2. The zero-order chi connectivity index (χ0) is 14.8. The second kappa shape index (κ2) is 5.86. The molecule has 0 saturated heterocycles. The molecule has 0 atom stereocenters. The molecule has 0 amide bonds. The van der Waals surface area contributed by atoms with Gasteiger partial charge in [-0.25, -0.2) is 9.97 Å². The fourth-order valence-corrected chi connectivity index (χ4v) is 2.94. The van der Waals surface area contributed by atoms with E-state index in [-0.39, 0.29) is 0 Å². The van der Waals surface area contributed by atoms with E-state index in [9.17, 15) is 5.11 Å². The molecule has 1 aromatic rings. The van der Waals surface area contributed by atoms with E-state index in [1.165, 1.54) is 6.33 Å². The lowest BCUT2D eigenvalue weighted by Crippen LogP contribution is -2.42. The van der Waals surface area contributed by atoms with Gasteiger partial charge in [0, 0.05) is 12.1 Å². The molecule has 0 radical (unpaired) electrons. The molecule has 5 heteroatoms. The predicted octanol–water partition coefficient (Wildman–Crippen LogP) is 3.44. The maximum absolute atomic E-state index is 10.7. The monoisotopic (exact) mass is 297 g/mol. The standard InChI is InChI=1S/C15H24ClN3O/c1-4-11-12(16)18-10-19-13(11)17-9-15(20)7-5-14(2,3)6-8-15/h10,20H,4-9H2,1-3H3,(H,17,18,19). The van der Waals surface area contributed by atoms with Crippen LogP contribution in [0.1, 0.15) is 52.0 Å².